The molecule has 0 aromatic heterocycles. The topological polar surface area (TPSA) is 24.7 Å². The Morgan fingerprint density at radius 1 is 0.914 bits per heavy atom. The van der Waals surface area contributed by atoms with Gasteiger partial charge in [0.05, 0.1) is 18.0 Å². The van der Waals surface area contributed by atoms with E-state index >= 15 is 0 Å². The molecule has 0 spiro atoms. The molecule has 3 aromatic carbocycles. The van der Waals surface area contributed by atoms with Crippen molar-refractivity contribution in [3.8, 4) is 0 Å². The maximum absolute atomic E-state index is 6.28. The van der Waals surface area contributed by atoms with Gasteiger partial charge < -0.3 is 0 Å². The van der Waals surface area contributed by atoms with E-state index in [1.54, 1.807) is 0 Å². The minimum Gasteiger partial charge on any atom is -0.283 e. The van der Waals surface area contributed by atoms with Crippen molar-refractivity contribution in [3.05, 3.63) is 130 Å². The minimum atomic E-state index is 0.531. The smallest absolute Gasteiger partial charge is 0.0818 e. The molecule has 3 heteroatoms. The van der Waals surface area contributed by atoms with Crippen molar-refractivity contribution in [2.75, 3.05) is 6.54 Å². The van der Waals surface area contributed by atoms with E-state index in [9.17, 15) is 0 Å². The highest BCUT2D eigenvalue weighted by molar-refractivity contribution is 6.30. The van der Waals surface area contributed by atoms with Crippen LogP contribution in [0.25, 0.3) is 11.3 Å². The molecule has 0 N–H and O–H groups in total. The van der Waals surface area contributed by atoms with Gasteiger partial charge in [0.25, 0.3) is 0 Å². The molecule has 0 radical (unpaired) electrons. The number of hydrogen-bond acceptors (Lipinski definition) is 2. The third-order valence-corrected chi connectivity index (χ3v) is 6.25. The third kappa shape index (κ3) is 6.77. The first-order valence-electron chi connectivity index (χ1n) is 12.2. The van der Waals surface area contributed by atoms with Gasteiger partial charge in [-0.15, -0.1) is 0 Å². The van der Waals surface area contributed by atoms with Gasteiger partial charge in [-0.1, -0.05) is 103 Å². The second-order valence-corrected chi connectivity index (χ2v) is 9.00. The van der Waals surface area contributed by atoms with Crippen LogP contribution in [-0.4, -0.2) is 18.0 Å². The highest BCUT2D eigenvalue weighted by Gasteiger charge is 2.14. The van der Waals surface area contributed by atoms with Crippen molar-refractivity contribution in [3.63, 3.8) is 0 Å². The maximum atomic E-state index is 6.28. The average Bonchev–Trinajstić information content (AvgIpc) is 2.91. The Kier molecular flexibility index (Phi) is 8.64. The molecule has 1 aliphatic carbocycles. The Morgan fingerprint density at radius 3 is 2.31 bits per heavy atom. The fraction of sp³-hybridized carbons (Fsp3) is 0.188. The summed E-state index contributed by atoms with van der Waals surface area (Å²) in [5.41, 5.74) is 8.82. The highest BCUT2D eigenvalue weighted by Crippen LogP contribution is 2.29. The summed E-state index contributed by atoms with van der Waals surface area (Å²) in [7, 11) is 0. The molecule has 4 rings (SSSR count). The van der Waals surface area contributed by atoms with E-state index in [2.05, 4.69) is 74.5 Å². The van der Waals surface area contributed by atoms with E-state index in [1.165, 1.54) is 11.1 Å². The summed E-state index contributed by atoms with van der Waals surface area (Å²) in [6.45, 7) is 4.75. The molecule has 35 heavy (non-hydrogen) atoms. The zero-order valence-corrected chi connectivity index (χ0v) is 21.2. The van der Waals surface area contributed by atoms with Crippen LogP contribution in [0.2, 0.25) is 5.02 Å². The van der Waals surface area contributed by atoms with Crippen molar-refractivity contribution in [2.24, 2.45) is 9.98 Å². The second-order valence-electron chi connectivity index (χ2n) is 8.57. The van der Waals surface area contributed by atoms with E-state index in [0.717, 1.165) is 58.1 Å². The molecule has 0 unspecified atom stereocenters. The first kappa shape index (κ1) is 24.6. The summed E-state index contributed by atoms with van der Waals surface area (Å²) in [6.07, 6.45) is 9.56. The molecule has 0 saturated heterocycles. The molecule has 2 nitrogen and oxygen atoms in total. The molecule has 0 fully saturated rings. The Hall–Kier alpha value is -3.49. The van der Waals surface area contributed by atoms with Gasteiger partial charge in [0.1, 0.15) is 0 Å². The first-order chi connectivity index (χ1) is 17.1. The SMILES string of the molecule is CC/C=C(\N=C(/C/N=C(\C)c1ccccc1)C1=CC(c2cccc(Cl)c2)=CCC1)c1ccccc1. The number of benzene rings is 3. The molecular weight excluding hydrogens is 448 g/mol. The summed E-state index contributed by atoms with van der Waals surface area (Å²) in [4.78, 5) is 10.2. The summed E-state index contributed by atoms with van der Waals surface area (Å²) >= 11 is 6.28. The monoisotopic (exact) mass is 478 g/mol. The first-order valence-corrected chi connectivity index (χ1v) is 12.6. The number of allylic oxidation sites excluding steroid dienone is 4. The largest absolute Gasteiger partial charge is 0.283 e. The van der Waals surface area contributed by atoms with Crippen LogP contribution in [0, 0.1) is 0 Å². The molecule has 3 aromatic rings. The van der Waals surface area contributed by atoms with Crippen LogP contribution in [0.1, 0.15) is 49.8 Å². The predicted octanol–water partition coefficient (Wildman–Crippen LogP) is 8.84. The predicted molar refractivity (Wildman–Crippen MR) is 152 cm³/mol. The lowest BCUT2D eigenvalue weighted by molar-refractivity contribution is 0.999. The standard InChI is InChI=1S/C32H31ClN2/c1-3-12-31(26-15-8-5-9-16-26)35-32(23-34-24(2)25-13-6-4-7-14-25)29-19-10-17-27(21-29)28-18-11-20-30(33)22-28/h4-9,11-18,20-22H,3,10,19,23H2,1-2H3/b31-12-,34-24+,35-32+. The minimum absolute atomic E-state index is 0.531. The van der Waals surface area contributed by atoms with Crippen LogP contribution < -0.4 is 0 Å². The average molecular weight is 479 g/mol. The van der Waals surface area contributed by atoms with Crippen molar-refractivity contribution in [2.45, 2.75) is 33.1 Å². The van der Waals surface area contributed by atoms with Gasteiger partial charge in [0.2, 0.25) is 0 Å². The molecule has 176 valence electrons. The number of nitrogens with zero attached hydrogens (tertiary/aromatic N) is 2. The number of halogens is 1. The van der Waals surface area contributed by atoms with E-state index in [0.29, 0.717) is 6.54 Å². The normalized spacial score (nSPS) is 15.0. The van der Waals surface area contributed by atoms with Crippen molar-refractivity contribution in [1.29, 1.82) is 0 Å². The Labute approximate surface area is 214 Å². The Balaban J connectivity index is 1.74. The number of aliphatic imine (C=N–C) groups is 2. The van der Waals surface area contributed by atoms with Crippen LogP contribution in [0.4, 0.5) is 0 Å². The highest BCUT2D eigenvalue weighted by atomic mass is 35.5. The quantitative estimate of drug-likeness (QED) is 0.289. The molecule has 1 aliphatic rings. The van der Waals surface area contributed by atoms with Crippen molar-refractivity contribution in [1.82, 2.24) is 0 Å². The number of hydrogen-bond donors (Lipinski definition) is 0. The summed E-state index contributed by atoms with van der Waals surface area (Å²) < 4.78 is 0. The maximum Gasteiger partial charge on any atom is 0.0818 e. The Bertz CT molecular complexity index is 1300. The third-order valence-electron chi connectivity index (χ3n) is 6.02. The molecule has 0 aliphatic heterocycles. The van der Waals surface area contributed by atoms with Gasteiger partial charge in [0.15, 0.2) is 0 Å². The van der Waals surface area contributed by atoms with E-state index in [-0.39, 0.29) is 0 Å². The lowest BCUT2D eigenvalue weighted by Crippen LogP contribution is -2.12. The van der Waals surface area contributed by atoms with Crippen LogP contribution >= 0.6 is 11.6 Å². The zero-order chi connectivity index (χ0) is 24.5. The van der Waals surface area contributed by atoms with Gasteiger partial charge in [-0.2, -0.15) is 0 Å². The van der Waals surface area contributed by atoms with E-state index in [1.807, 2.05) is 42.5 Å². The molecular formula is C32H31ClN2. The molecule has 0 heterocycles. The number of rotatable bonds is 8. The van der Waals surface area contributed by atoms with Crippen LogP contribution in [-0.2, 0) is 0 Å². The molecule has 0 amide bonds. The zero-order valence-electron chi connectivity index (χ0n) is 20.4. The van der Waals surface area contributed by atoms with E-state index in [4.69, 9.17) is 21.6 Å². The lowest BCUT2D eigenvalue weighted by atomic mass is 9.92. The Morgan fingerprint density at radius 2 is 1.63 bits per heavy atom. The van der Waals surface area contributed by atoms with E-state index < -0.39 is 0 Å². The van der Waals surface area contributed by atoms with Gasteiger partial charge in [-0.3, -0.25) is 9.98 Å². The van der Waals surface area contributed by atoms with Gasteiger partial charge >= 0.3 is 0 Å². The van der Waals surface area contributed by atoms with Gasteiger partial charge in [0, 0.05) is 10.7 Å². The van der Waals surface area contributed by atoms with Gasteiger partial charge in [-0.25, -0.2) is 0 Å². The molecule has 0 saturated carbocycles. The summed E-state index contributed by atoms with van der Waals surface area (Å²) in [6, 6.07) is 28.8. The fourth-order valence-electron chi connectivity index (χ4n) is 4.15. The summed E-state index contributed by atoms with van der Waals surface area (Å²) in [5, 5.41) is 0.748. The molecule has 0 atom stereocenters. The van der Waals surface area contributed by atoms with Crippen LogP contribution in [0.3, 0.4) is 0 Å². The van der Waals surface area contributed by atoms with Crippen LogP contribution in [0.15, 0.2) is 119 Å². The fourth-order valence-corrected chi connectivity index (χ4v) is 4.34. The summed E-state index contributed by atoms with van der Waals surface area (Å²) in [5.74, 6) is 0. The lowest BCUT2D eigenvalue weighted by Gasteiger charge is -2.17. The van der Waals surface area contributed by atoms with Crippen molar-refractivity contribution < 1.29 is 0 Å². The van der Waals surface area contributed by atoms with Crippen LogP contribution in [0.5, 0.6) is 0 Å². The molecule has 0 bridgehead atoms. The van der Waals surface area contributed by atoms with Gasteiger partial charge in [-0.05, 0) is 72.2 Å². The second kappa shape index (κ2) is 12.3. The van der Waals surface area contributed by atoms with Crippen molar-refractivity contribution >= 4 is 34.3 Å².